The summed E-state index contributed by atoms with van der Waals surface area (Å²) in [7, 11) is -2.86. The van der Waals surface area contributed by atoms with Crippen LogP contribution in [-0.2, 0) is 24.1 Å². The number of carbonyl (C=O) groups is 4. The van der Waals surface area contributed by atoms with Gasteiger partial charge in [-0.05, 0) is 23.9 Å². The maximum absolute atomic E-state index is 13.1. The number of amides is 4. The predicted molar refractivity (Wildman–Crippen MR) is 111 cm³/mol. The fraction of sp³-hybridized carbons (Fsp3) is 0.421. The van der Waals surface area contributed by atoms with Gasteiger partial charge >= 0.3 is 0 Å². The molecule has 11 heteroatoms. The number of imide groups is 1. The lowest BCUT2D eigenvalue weighted by Crippen LogP contribution is -2.35. The van der Waals surface area contributed by atoms with Crippen molar-refractivity contribution in [1.82, 2.24) is 14.8 Å². The Hall–Kier alpha value is -2.66. The summed E-state index contributed by atoms with van der Waals surface area (Å²) >= 11 is 1.51. The maximum Gasteiger partial charge on any atom is 0.273 e. The molecule has 2 aromatic rings. The zero-order chi connectivity index (χ0) is 21.3. The summed E-state index contributed by atoms with van der Waals surface area (Å²) in [4.78, 5) is 55.2. The predicted octanol–water partition coefficient (Wildman–Crippen LogP) is 1.29. The highest BCUT2D eigenvalue weighted by Gasteiger charge is 2.31. The lowest BCUT2D eigenvalue weighted by atomic mass is 10.2. The molecule has 4 rings (SSSR count). The van der Waals surface area contributed by atoms with Gasteiger partial charge in [0.2, 0.25) is 11.8 Å². The number of hydrogen-bond donors (Lipinski definition) is 0. The van der Waals surface area contributed by atoms with Crippen LogP contribution in [0, 0.1) is 0 Å². The molecule has 0 radical (unpaired) electrons. The van der Waals surface area contributed by atoms with E-state index in [2.05, 4.69) is 9.35 Å². The Bertz CT molecular complexity index is 1150. The van der Waals surface area contributed by atoms with Crippen molar-refractivity contribution in [1.29, 1.82) is 0 Å². The topological polar surface area (TPSA) is 117 Å². The molecule has 2 aliphatic rings. The van der Waals surface area contributed by atoms with Gasteiger partial charge < -0.3 is 4.90 Å². The summed E-state index contributed by atoms with van der Waals surface area (Å²) in [5, 5.41) is 1.91. The average molecular weight is 449 g/mol. The molecule has 4 heterocycles. The van der Waals surface area contributed by atoms with Crippen molar-refractivity contribution in [2.24, 2.45) is 4.36 Å². The highest BCUT2D eigenvalue weighted by molar-refractivity contribution is 7.93. The Kier molecular flexibility index (Phi) is 5.65. The minimum Gasteiger partial charge on any atom is -0.338 e. The van der Waals surface area contributed by atoms with E-state index in [-0.39, 0.29) is 36.8 Å². The minimum absolute atomic E-state index is 0.0705. The molecular weight excluding hydrogens is 428 g/mol. The third-order valence-electron chi connectivity index (χ3n) is 5.12. The van der Waals surface area contributed by atoms with Gasteiger partial charge in [-0.2, -0.15) is 4.36 Å². The molecular formula is C19H20N4O5S2. The average Bonchev–Trinajstić information content (AvgIpc) is 3.25. The Morgan fingerprint density at radius 1 is 1.17 bits per heavy atom. The van der Waals surface area contributed by atoms with Gasteiger partial charge in [0.05, 0.1) is 25.5 Å². The second kappa shape index (κ2) is 8.23. The maximum atomic E-state index is 13.1. The second-order valence-corrected chi connectivity index (χ2v) is 10.7. The summed E-state index contributed by atoms with van der Waals surface area (Å²) in [6, 6.07) is 3.69. The lowest BCUT2D eigenvalue weighted by Gasteiger charge is -2.19. The Balaban J connectivity index is 1.44. The van der Waals surface area contributed by atoms with Crippen LogP contribution in [0.4, 0.5) is 0 Å². The van der Waals surface area contributed by atoms with Gasteiger partial charge in [0.15, 0.2) is 0 Å². The van der Waals surface area contributed by atoms with Crippen LogP contribution >= 0.6 is 11.3 Å². The van der Waals surface area contributed by atoms with E-state index in [9.17, 15) is 23.4 Å². The molecule has 2 saturated heterocycles. The van der Waals surface area contributed by atoms with E-state index in [4.69, 9.17) is 0 Å². The number of likely N-dealkylation sites (tertiary alicyclic amines) is 1. The molecule has 0 bridgehead atoms. The molecule has 0 N–H and O–H groups in total. The SMILES string of the molecule is O=C(CN1C(=O)CCC1=O)N=S1(=O)CCCN(C(=O)c2cnc3ccsc3c2)CC1. The largest absolute Gasteiger partial charge is 0.338 e. The fourth-order valence-electron chi connectivity index (χ4n) is 3.54. The standard InChI is InChI=1S/C19H20N4O5S2/c24-16(12-23-17(25)2-3-18(23)26)21-30(28)8-1-5-22(6-9-30)19(27)13-10-15-14(20-11-13)4-7-29-15/h4,7,10-11H,1-3,5-6,8-9,12H2. The van der Waals surface area contributed by atoms with Crippen molar-refractivity contribution in [2.45, 2.75) is 19.3 Å². The lowest BCUT2D eigenvalue weighted by molar-refractivity contribution is -0.141. The van der Waals surface area contributed by atoms with Crippen molar-refractivity contribution >= 4 is 54.9 Å². The molecule has 0 aromatic carbocycles. The summed E-state index contributed by atoms with van der Waals surface area (Å²) in [6.45, 7) is 0.146. The summed E-state index contributed by atoms with van der Waals surface area (Å²) in [5.41, 5.74) is 1.31. The molecule has 4 amide bonds. The monoisotopic (exact) mass is 448 g/mol. The third-order valence-corrected chi connectivity index (χ3v) is 8.26. The molecule has 1 atom stereocenters. The summed E-state index contributed by atoms with van der Waals surface area (Å²) in [5.74, 6) is -1.50. The highest BCUT2D eigenvalue weighted by Crippen LogP contribution is 2.21. The number of rotatable bonds is 3. The highest BCUT2D eigenvalue weighted by atomic mass is 32.2. The quantitative estimate of drug-likeness (QED) is 0.653. The Labute approximate surface area is 177 Å². The minimum atomic E-state index is -2.86. The van der Waals surface area contributed by atoms with E-state index in [0.717, 1.165) is 15.1 Å². The third kappa shape index (κ3) is 4.26. The summed E-state index contributed by atoms with van der Waals surface area (Å²) < 4.78 is 17.9. The van der Waals surface area contributed by atoms with Gasteiger partial charge in [-0.1, -0.05) is 0 Å². The zero-order valence-electron chi connectivity index (χ0n) is 16.1. The molecule has 2 aliphatic heterocycles. The smallest absolute Gasteiger partial charge is 0.273 e. The number of carbonyl (C=O) groups excluding carboxylic acids is 4. The number of thiophene rings is 1. The molecule has 2 aromatic heterocycles. The number of hydrogen-bond acceptors (Lipinski definition) is 7. The first-order valence-electron chi connectivity index (χ1n) is 9.56. The van der Waals surface area contributed by atoms with E-state index < -0.39 is 34.0 Å². The van der Waals surface area contributed by atoms with Gasteiger partial charge in [0, 0.05) is 43.6 Å². The van der Waals surface area contributed by atoms with Gasteiger partial charge in [-0.25, -0.2) is 4.21 Å². The normalized spacial score (nSPS) is 22.4. The van der Waals surface area contributed by atoms with Crippen LogP contribution in [0.5, 0.6) is 0 Å². The van der Waals surface area contributed by atoms with Crippen LogP contribution in [0.3, 0.4) is 0 Å². The zero-order valence-corrected chi connectivity index (χ0v) is 17.7. The second-order valence-electron chi connectivity index (χ2n) is 7.21. The first-order valence-corrected chi connectivity index (χ1v) is 12.3. The van der Waals surface area contributed by atoms with Gasteiger partial charge in [-0.3, -0.25) is 29.1 Å². The van der Waals surface area contributed by atoms with Crippen LogP contribution in [0.15, 0.2) is 28.1 Å². The molecule has 9 nitrogen and oxygen atoms in total. The van der Waals surface area contributed by atoms with Gasteiger partial charge in [0.1, 0.15) is 6.54 Å². The molecule has 2 fully saturated rings. The first kappa shape index (κ1) is 20.6. The van der Waals surface area contributed by atoms with Crippen molar-refractivity contribution in [2.75, 3.05) is 31.1 Å². The van der Waals surface area contributed by atoms with Crippen LogP contribution in [-0.4, -0.2) is 73.8 Å². The van der Waals surface area contributed by atoms with Crippen molar-refractivity contribution in [3.05, 3.63) is 29.3 Å². The Morgan fingerprint density at radius 2 is 1.93 bits per heavy atom. The van der Waals surface area contributed by atoms with Crippen LogP contribution < -0.4 is 0 Å². The Morgan fingerprint density at radius 3 is 2.70 bits per heavy atom. The first-order chi connectivity index (χ1) is 14.3. The van der Waals surface area contributed by atoms with Crippen molar-refractivity contribution in [3.8, 4) is 0 Å². The van der Waals surface area contributed by atoms with E-state index in [1.54, 1.807) is 11.0 Å². The van der Waals surface area contributed by atoms with Gasteiger partial charge in [0.25, 0.3) is 11.8 Å². The van der Waals surface area contributed by atoms with Crippen LogP contribution in [0.1, 0.15) is 29.6 Å². The number of aromatic nitrogens is 1. The van der Waals surface area contributed by atoms with E-state index in [1.807, 2.05) is 11.4 Å². The van der Waals surface area contributed by atoms with Crippen molar-refractivity contribution in [3.63, 3.8) is 0 Å². The molecule has 158 valence electrons. The van der Waals surface area contributed by atoms with E-state index >= 15 is 0 Å². The fourth-order valence-corrected chi connectivity index (χ4v) is 6.22. The molecule has 0 aliphatic carbocycles. The molecule has 1 unspecified atom stereocenters. The van der Waals surface area contributed by atoms with Crippen molar-refractivity contribution < 1.29 is 23.4 Å². The number of fused-ring (bicyclic) bond motifs is 1. The summed E-state index contributed by atoms with van der Waals surface area (Å²) in [6.07, 6.45) is 2.16. The molecule has 0 spiro atoms. The number of nitrogens with zero attached hydrogens (tertiary/aromatic N) is 4. The van der Waals surface area contributed by atoms with Gasteiger partial charge in [-0.15, -0.1) is 11.3 Å². The van der Waals surface area contributed by atoms with E-state index in [1.165, 1.54) is 17.5 Å². The van der Waals surface area contributed by atoms with E-state index in [0.29, 0.717) is 18.5 Å². The van der Waals surface area contributed by atoms with Crippen LogP contribution in [0.25, 0.3) is 10.2 Å². The molecule has 30 heavy (non-hydrogen) atoms. The molecule has 0 saturated carbocycles. The van der Waals surface area contributed by atoms with Crippen LogP contribution in [0.2, 0.25) is 0 Å². The number of pyridine rings is 1.